The molecule has 0 atom stereocenters. The van der Waals surface area contributed by atoms with Gasteiger partial charge in [-0.15, -0.1) is 0 Å². The average Bonchev–Trinajstić information content (AvgIpc) is 2.57. The number of nitrogens with one attached hydrogen (secondary N) is 1. The summed E-state index contributed by atoms with van der Waals surface area (Å²) in [6.07, 6.45) is 1.12. The first kappa shape index (κ1) is 10.9. The monoisotopic (exact) mass is 284 g/mol. The van der Waals surface area contributed by atoms with Crippen LogP contribution in [0, 0.1) is 6.92 Å². The molecule has 2 nitrogen and oxygen atoms in total. The molecule has 0 aliphatic heterocycles. The Kier molecular flexibility index (Phi) is 3.26. The highest BCUT2D eigenvalue weighted by Crippen LogP contribution is 2.32. The Morgan fingerprint density at radius 3 is 3.00 bits per heavy atom. The van der Waals surface area contributed by atoms with Gasteiger partial charge in [-0.05, 0) is 47.0 Å². The van der Waals surface area contributed by atoms with Crippen molar-refractivity contribution < 1.29 is 0 Å². The zero-order valence-corrected chi connectivity index (χ0v) is 11.2. The molecule has 0 unspecified atom stereocenters. The molecule has 0 aliphatic rings. The van der Waals surface area contributed by atoms with E-state index in [0.717, 1.165) is 28.1 Å². The minimum Gasteiger partial charge on any atom is -0.361 e. The number of hydrogen-bond acceptors (Lipinski definition) is 3. The van der Waals surface area contributed by atoms with Crippen molar-refractivity contribution in [2.75, 3.05) is 11.9 Å². The molecule has 1 N–H and O–H groups in total. The third-order valence-corrected chi connectivity index (χ3v) is 3.68. The van der Waals surface area contributed by atoms with E-state index < -0.39 is 0 Å². The van der Waals surface area contributed by atoms with Crippen LogP contribution in [0.25, 0.3) is 10.2 Å². The number of halogens is 1. The number of thiazole rings is 1. The van der Waals surface area contributed by atoms with Gasteiger partial charge < -0.3 is 5.32 Å². The van der Waals surface area contributed by atoms with Crippen LogP contribution >= 0.6 is 27.3 Å². The summed E-state index contributed by atoms with van der Waals surface area (Å²) >= 11 is 5.26. The number of aromatic nitrogens is 1. The van der Waals surface area contributed by atoms with E-state index >= 15 is 0 Å². The van der Waals surface area contributed by atoms with Crippen LogP contribution in [0.4, 0.5) is 5.13 Å². The van der Waals surface area contributed by atoms with Crippen molar-refractivity contribution in [2.45, 2.75) is 20.3 Å². The van der Waals surface area contributed by atoms with Gasteiger partial charge in [-0.1, -0.05) is 18.3 Å². The second-order valence-corrected chi connectivity index (χ2v) is 5.42. The summed E-state index contributed by atoms with van der Waals surface area (Å²) in [5.74, 6) is 0. The Bertz CT molecular complexity index is 479. The lowest BCUT2D eigenvalue weighted by atomic mass is 10.2. The predicted molar refractivity (Wildman–Crippen MR) is 70.8 cm³/mol. The lowest BCUT2D eigenvalue weighted by molar-refractivity contribution is 0.977. The summed E-state index contributed by atoms with van der Waals surface area (Å²) in [7, 11) is 0. The Labute approximate surface area is 102 Å². The second kappa shape index (κ2) is 4.49. The van der Waals surface area contributed by atoms with Gasteiger partial charge in [0.25, 0.3) is 0 Å². The Balaban J connectivity index is 2.41. The molecule has 0 aliphatic carbocycles. The minimum atomic E-state index is 0.983. The zero-order valence-electron chi connectivity index (χ0n) is 8.80. The van der Waals surface area contributed by atoms with E-state index in [9.17, 15) is 0 Å². The highest BCUT2D eigenvalue weighted by Gasteiger charge is 2.06. The smallest absolute Gasteiger partial charge is 0.183 e. The SMILES string of the molecule is CCCNc1nc2c(Br)cc(C)cc2s1. The van der Waals surface area contributed by atoms with E-state index in [-0.39, 0.29) is 0 Å². The number of nitrogens with zero attached hydrogens (tertiary/aromatic N) is 1. The minimum absolute atomic E-state index is 0.983. The van der Waals surface area contributed by atoms with Gasteiger partial charge in [-0.2, -0.15) is 0 Å². The number of rotatable bonds is 3. The van der Waals surface area contributed by atoms with Gasteiger partial charge in [0.05, 0.1) is 10.2 Å². The van der Waals surface area contributed by atoms with Crippen LogP contribution in [0.5, 0.6) is 0 Å². The number of anilines is 1. The van der Waals surface area contributed by atoms with Crippen LogP contribution in [0.1, 0.15) is 18.9 Å². The first-order chi connectivity index (χ1) is 7.20. The fraction of sp³-hybridized carbons (Fsp3) is 0.364. The standard InChI is InChI=1S/C11H13BrN2S/c1-3-4-13-11-14-10-8(12)5-7(2)6-9(10)15-11/h5-6H,3-4H2,1-2H3,(H,13,14). The molecule has 0 bridgehead atoms. The molecule has 1 heterocycles. The third kappa shape index (κ3) is 2.32. The van der Waals surface area contributed by atoms with Crippen molar-refractivity contribution in [1.82, 2.24) is 4.98 Å². The topological polar surface area (TPSA) is 24.9 Å². The van der Waals surface area contributed by atoms with Gasteiger partial charge in [-0.3, -0.25) is 0 Å². The van der Waals surface area contributed by atoms with Crippen LogP contribution < -0.4 is 5.32 Å². The van der Waals surface area contributed by atoms with Crippen LogP contribution in [0.2, 0.25) is 0 Å². The quantitative estimate of drug-likeness (QED) is 0.914. The second-order valence-electron chi connectivity index (χ2n) is 3.54. The van der Waals surface area contributed by atoms with E-state index in [2.05, 4.69) is 52.2 Å². The number of aryl methyl sites for hydroxylation is 1. The van der Waals surface area contributed by atoms with Gasteiger partial charge in [0.2, 0.25) is 0 Å². The van der Waals surface area contributed by atoms with Gasteiger partial charge in [0, 0.05) is 11.0 Å². The fourth-order valence-corrected chi connectivity index (χ4v) is 3.24. The average molecular weight is 285 g/mol. The summed E-state index contributed by atoms with van der Waals surface area (Å²) in [5.41, 5.74) is 2.32. The molecule has 15 heavy (non-hydrogen) atoms. The van der Waals surface area contributed by atoms with Crippen LogP contribution in [-0.2, 0) is 0 Å². The molecule has 0 saturated heterocycles. The van der Waals surface area contributed by atoms with Gasteiger partial charge in [-0.25, -0.2) is 4.98 Å². The molecule has 0 spiro atoms. The summed E-state index contributed by atoms with van der Waals surface area (Å²) < 4.78 is 2.32. The van der Waals surface area contributed by atoms with Crippen LogP contribution in [0.15, 0.2) is 16.6 Å². The summed E-state index contributed by atoms with van der Waals surface area (Å²) in [4.78, 5) is 4.55. The lowest BCUT2D eigenvalue weighted by Crippen LogP contribution is -1.98. The lowest BCUT2D eigenvalue weighted by Gasteiger charge is -1.96. The van der Waals surface area contributed by atoms with Crippen LogP contribution in [-0.4, -0.2) is 11.5 Å². The van der Waals surface area contributed by atoms with Crippen molar-refractivity contribution >= 4 is 42.6 Å². The van der Waals surface area contributed by atoms with E-state index in [1.165, 1.54) is 10.3 Å². The molecule has 0 fully saturated rings. The fourth-order valence-electron chi connectivity index (χ4n) is 1.43. The van der Waals surface area contributed by atoms with Crippen molar-refractivity contribution in [3.63, 3.8) is 0 Å². The Morgan fingerprint density at radius 1 is 1.47 bits per heavy atom. The van der Waals surface area contributed by atoms with E-state index in [4.69, 9.17) is 0 Å². The molecule has 2 aromatic rings. The molecule has 1 aromatic heterocycles. The maximum Gasteiger partial charge on any atom is 0.183 e. The molecule has 0 radical (unpaired) electrons. The predicted octanol–water partition coefficient (Wildman–Crippen LogP) is 4.19. The Hall–Kier alpha value is -0.610. The maximum atomic E-state index is 4.55. The molecule has 0 amide bonds. The Morgan fingerprint density at radius 2 is 2.27 bits per heavy atom. The van der Waals surface area contributed by atoms with Crippen molar-refractivity contribution in [1.29, 1.82) is 0 Å². The summed E-state index contributed by atoms with van der Waals surface area (Å²) in [6, 6.07) is 4.28. The highest BCUT2D eigenvalue weighted by molar-refractivity contribution is 9.10. The van der Waals surface area contributed by atoms with Crippen LogP contribution in [0.3, 0.4) is 0 Å². The summed E-state index contributed by atoms with van der Waals surface area (Å²) in [5, 5.41) is 4.33. The van der Waals surface area contributed by atoms with Gasteiger partial charge in [0.1, 0.15) is 0 Å². The zero-order chi connectivity index (χ0) is 10.8. The summed E-state index contributed by atoms with van der Waals surface area (Å²) in [6.45, 7) is 5.24. The van der Waals surface area contributed by atoms with E-state index in [0.29, 0.717) is 0 Å². The largest absolute Gasteiger partial charge is 0.361 e. The number of fused-ring (bicyclic) bond motifs is 1. The van der Waals surface area contributed by atoms with Gasteiger partial charge >= 0.3 is 0 Å². The van der Waals surface area contributed by atoms with E-state index in [1.54, 1.807) is 11.3 Å². The first-order valence-corrected chi connectivity index (χ1v) is 6.62. The first-order valence-electron chi connectivity index (χ1n) is 5.01. The highest BCUT2D eigenvalue weighted by atomic mass is 79.9. The normalized spacial score (nSPS) is 10.9. The van der Waals surface area contributed by atoms with Crippen molar-refractivity contribution in [2.24, 2.45) is 0 Å². The maximum absolute atomic E-state index is 4.55. The van der Waals surface area contributed by atoms with E-state index in [1.807, 2.05) is 0 Å². The molecule has 80 valence electrons. The molecule has 2 rings (SSSR count). The van der Waals surface area contributed by atoms with Gasteiger partial charge in [0.15, 0.2) is 5.13 Å². The third-order valence-electron chi connectivity index (χ3n) is 2.12. The number of benzene rings is 1. The number of hydrogen-bond donors (Lipinski definition) is 1. The molecule has 0 saturated carbocycles. The molecular weight excluding hydrogens is 272 g/mol. The molecule has 1 aromatic carbocycles. The molecule has 4 heteroatoms. The molecular formula is C11H13BrN2S. The van der Waals surface area contributed by atoms with Crippen molar-refractivity contribution in [3.8, 4) is 0 Å². The van der Waals surface area contributed by atoms with Crippen molar-refractivity contribution in [3.05, 3.63) is 22.2 Å².